The summed E-state index contributed by atoms with van der Waals surface area (Å²) in [6.07, 6.45) is 1.44. The normalized spacial score (nSPS) is 18.0. The second-order valence-corrected chi connectivity index (χ2v) is 12.3. The smallest absolute Gasteiger partial charge is 0.328 e. The van der Waals surface area contributed by atoms with Crippen LogP contribution in [0.3, 0.4) is 0 Å². The van der Waals surface area contributed by atoms with E-state index in [0.717, 1.165) is 6.42 Å². The second-order valence-electron chi connectivity index (χ2n) is 11.9. The number of benzene rings is 1. The van der Waals surface area contributed by atoms with Gasteiger partial charge in [0.1, 0.15) is 5.82 Å². The fourth-order valence-electron chi connectivity index (χ4n) is 4.45. The van der Waals surface area contributed by atoms with Crippen LogP contribution in [0.2, 0.25) is 5.02 Å². The van der Waals surface area contributed by atoms with E-state index in [2.05, 4.69) is 19.2 Å². The number of anilines is 1. The summed E-state index contributed by atoms with van der Waals surface area (Å²) in [5.41, 5.74) is 6.23. The Morgan fingerprint density at radius 3 is 2.26 bits per heavy atom. The SMILES string of the molecule is CC[C@H](C)CNC(=O)[C@@H](C[C@H](O)[C@@H](N)CN1CC(=O)N(c2cc(F)ccc2Cl)CC1(C)C)C(C)C.O=C(O)/C=C/C(=O)O. The summed E-state index contributed by atoms with van der Waals surface area (Å²) < 4.78 is 13.8. The van der Waals surface area contributed by atoms with Crippen molar-refractivity contribution in [2.45, 2.75) is 72.1 Å². The third kappa shape index (κ3) is 12.6. The van der Waals surface area contributed by atoms with Gasteiger partial charge in [0.2, 0.25) is 11.8 Å². The highest BCUT2D eigenvalue weighted by molar-refractivity contribution is 6.33. The molecule has 2 rings (SSSR count). The van der Waals surface area contributed by atoms with E-state index < -0.39 is 35.4 Å². The summed E-state index contributed by atoms with van der Waals surface area (Å²) in [6.45, 7) is 13.3. The molecule has 6 N–H and O–H groups in total. The van der Waals surface area contributed by atoms with Crippen molar-refractivity contribution in [3.63, 3.8) is 0 Å². The number of rotatable bonds is 13. The number of hydrogen-bond acceptors (Lipinski definition) is 7. The molecule has 0 aromatic heterocycles. The highest BCUT2D eigenvalue weighted by Gasteiger charge is 2.40. The lowest BCUT2D eigenvalue weighted by atomic mass is 9.86. The highest BCUT2D eigenvalue weighted by Crippen LogP contribution is 2.32. The zero-order chi connectivity index (χ0) is 33.1. The van der Waals surface area contributed by atoms with Gasteiger partial charge in [0, 0.05) is 49.3 Å². The first-order chi connectivity index (χ1) is 19.9. The molecular formula is C30H46ClFN4O7. The van der Waals surface area contributed by atoms with Gasteiger partial charge in [-0.3, -0.25) is 14.5 Å². The second kappa shape index (κ2) is 17.3. The third-order valence-corrected chi connectivity index (χ3v) is 7.80. The van der Waals surface area contributed by atoms with E-state index >= 15 is 0 Å². The quantitative estimate of drug-likeness (QED) is 0.206. The molecule has 11 nitrogen and oxygen atoms in total. The Morgan fingerprint density at radius 2 is 1.74 bits per heavy atom. The number of carboxylic acids is 2. The summed E-state index contributed by atoms with van der Waals surface area (Å²) in [5, 5.41) is 29.8. The van der Waals surface area contributed by atoms with E-state index in [4.69, 9.17) is 27.5 Å². The molecule has 0 saturated carbocycles. The van der Waals surface area contributed by atoms with E-state index in [1.54, 1.807) is 0 Å². The van der Waals surface area contributed by atoms with Crippen molar-refractivity contribution in [1.82, 2.24) is 10.2 Å². The van der Waals surface area contributed by atoms with Crippen molar-refractivity contribution >= 4 is 41.0 Å². The van der Waals surface area contributed by atoms with Crippen molar-refractivity contribution < 1.29 is 38.9 Å². The molecule has 1 aliphatic rings. The van der Waals surface area contributed by atoms with Crippen LogP contribution in [0.5, 0.6) is 0 Å². The van der Waals surface area contributed by atoms with Gasteiger partial charge < -0.3 is 31.3 Å². The molecule has 4 atom stereocenters. The minimum absolute atomic E-state index is 0.0476. The summed E-state index contributed by atoms with van der Waals surface area (Å²) in [7, 11) is 0. The molecule has 0 aliphatic carbocycles. The number of aliphatic hydroxyl groups excluding tert-OH is 1. The number of halogens is 2. The van der Waals surface area contributed by atoms with Gasteiger partial charge in [-0.25, -0.2) is 14.0 Å². The predicted octanol–water partition coefficient (Wildman–Crippen LogP) is 3.13. The molecular weight excluding hydrogens is 583 g/mol. The average molecular weight is 629 g/mol. The molecule has 1 heterocycles. The van der Waals surface area contributed by atoms with Gasteiger partial charge in [-0.2, -0.15) is 0 Å². The van der Waals surface area contributed by atoms with Crippen LogP contribution < -0.4 is 16.0 Å². The molecule has 0 spiro atoms. The molecule has 0 bridgehead atoms. The first kappa shape index (κ1) is 38.0. The van der Waals surface area contributed by atoms with Crippen molar-refractivity contribution in [3.05, 3.63) is 41.2 Å². The molecule has 13 heteroatoms. The number of carbonyl (C=O) groups is 4. The lowest BCUT2D eigenvalue weighted by Gasteiger charge is -2.47. The van der Waals surface area contributed by atoms with Crippen LogP contribution in [0.1, 0.15) is 54.4 Å². The molecule has 1 fully saturated rings. The number of carboxylic acid groups (broad SMARTS) is 2. The topological polar surface area (TPSA) is 173 Å². The first-order valence-electron chi connectivity index (χ1n) is 14.2. The van der Waals surface area contributed by atoms with Gasteiger partial charge >= 0.3 is 11.9 Å². The van der Waals surface area contributed by atoms with Gasteiger partial charge in [-0.05, 0) is 50.3 Å². The maximum Gasteiger partial charge on any atom is 0.328 e. The van der Waals surface area contributed by atoms with Crippen LogP contribution in [-0.4, -0.2) is 87.8 Å². The number of amides is 2. The molecule has 0 unspecified atom stereocenters. The van der Waals surface area contributed by atoms with Crippen LogP contribution in [0.4, 0.5) is 10.1 Å². The monoisotopic (exact) mass is 628 g/mol. The summed E-state index contributed by atoms with van der Waals surface area (Å²) in [5.74, 6) is -3.19. The summed E-state index contributed by atoms with van der Waals surface area (Å²) in [6, 6.07) is 3.32. The lowest BCUT2D eigenvalue weighted by Crippen LogP contribution is -2.64. The number of nitrogens with zero attached hydrogens (tertiary/aromatic N) is 2. The van der Waals surface area contributed by atoms with Crippen molar-refractivity contribution in [2.75, 3.05) is 31.1 Å². The number of hydrogen-bond donors (Lipinski definition) is 5. The zero-order valence-electron chi connectivity index (χ0n) is 25.7. The number of nitrogens with two attached hydrogens (primary N) is 1. The Bertz CT molecular complexity index is 1130. The molecule has 242 valence electrons. The van der Waals surface area contributed by atoms with Crippen LogP contribution in [-0.2, 0) is 19.2 Å². The average Bonchev–Trinajstić information content (AvgIpc) is 2.92. The standard InChI is InChI=1S/C26H42ClFN4O3.C4H4O4/c1-7-17(4)12-30-25(35)19(16(2)3)11-23(33)21(29)13-31-14-24(34)32(15-26(31,5)6)22-10-18(28)8-9-20(22)27;5-3(6)1-2-4(7)8/h8-10,16-17,19,21,23,33H,7,11-15,29H2,1-6H3,(H,30,35);1-2H,(H,5,6)(H,7,8)/b;2-1+/t17-,19-,21-,23-;/m0./s1. The summed E-state index contributed by atoms with van der Waals surface area (Å²) in [4.78, 5) is 48.3. The van der Waals surface area contributed by atoms with Gasteiger partial charge in [0.05, 0.1) is 23.4 Å². The van der Waals surface area contributed by atoms with Gasteiger partial charge in [-0.1, -0.05) is 45.7 Å². The minimum atomic E-state index is -1.26. The number of carbonyl (C=O) groups excluding carboxylic acids is 2. The molecule has 1 saturated heterocycles. The van der Waals surface area contributed by atoms with Crippen molar-refractivity contribution in [1.29, 1.82) is 0 Å². The molecule has 1 aromatic carbocycles. The van der Waals surface area contributed by atoms with E-state index in [-0.39, 0.29) is 43.2 Å². The van der Waals surface area contributed by atoms with Crippen LogP contribution in [0.25, 0.3) is 0 Å². The van der Waals surface area contributed by atoms with E-state index in [1.165, 1.54) is 23.1 Å². The van der Waals surface area contributed by atoms with E-state index in [0.29, 0.717) is 41.9 Å². The minimum Gasteiger partial charge on any atom is -0.478 e. The molecule has 1 aliphatic heterocycles. The Kier molecular flexibility index (Phi) is 15.3. The Balaban J connectivity index is 0.00000101. The molecule has 43 heavy (non-hydrogen) atoms. The van der Waals surface area contributed by atoms with Crippen LogP contribution in [0, 0.1) is 23.6 Å². The fraction of sp³-hybridized carbons (Fsp3) is 0.600. The van der Waals surface area contributed by atoms with Crippen LogP contribution in [0.15, 0.2) is 30.4 Å². The lowest BCUT2D eigenvalue weighted by molar-refractivity contribution is -0.134. The van der Waals surface area contributed by atoms with Gasteiger partial charge in [-0.15, -0.1) is 0 Å². The maximum absolute atomic E-state index is 13.8. The number of aliphatic hydroxyl groups is 1. The zero-order valence-corrected chi connectivity index (χ0v) is 26.5. The predicted molar refractivity (Wildman–Crippen MR) is 163 cm³/mol. The first-order valence-corrected chi connectivity index (χ1v) is 14.6. The summed E-state index contributed by atoms with van der Waals surface area (Å²) >= 11 is 6.24. The molecule has 1 aromatic rings. The van der Waals surface area contributed by atoms with Gasteiger partial charge in [0.15, 0.2) is 0 Å². The van der Waals surface area contributed by atoms with E-state index in [1.807, 2.05) is 32.6 Å². The molecule has 0 radical (unpaired) electrons. The Hall–Kier alpha value is -3.06. The van der Waals surface area contributed by atoms with Gasteiger partial charge in [0.25, 0.3) is 0 Å². The largest absolute Gasteiger partial charge is 0.478 e. The maximum atomic E-state index is 13.8. The third-order valence-electron chi connectivity index (χ3n) is 7.48. The Labute approximate surface area is 257 Å². The molecule has 2 amide bonds. The number of nitrogens with one attached hydrogen (secondary N) is 1. The Morgan fingerprint density at radius 1 is 1.16 bits per heavy atom. The number of piperazine rings is 1. The van der Waals surface area contributed by atoms with Crippen molar-refractivity contribution in [3.8, 4) is 0 Å². The van der Waals surface area contributed by atoms with Crippen molar-refractivity contribution in [2.24, 2.45) is 23.5 Å². The highest BCUT2D eigenvalue weighted by atomic mass is 35.5. The van der Waals surface area contributed by atoms with Crippen LogP contribution >= 0.6 is 11.6 Å². The fourth-order valence-corrected chi connectivity index (χ4v) is 4.67. The number of aliphatic carboxylic acids is 2. The van der Waals surface area contributed by atoms with E-state index in [9.17, 15) is 28.7 Å².